The molecular weight excluding hydrogens is 458 g/mol. The number of benzene rings is 1. The van der Waals surface area contributed by atoms with E-state index < -0.39 is 41.5 Å². The zero-order valence-electron chi connectivity index (χ0n) is 19.1. The zero-order valence-corrected chi connectivity index (χ0v) is 19.1. The van der Waals surface area contributed by atoms with Gasteiger partial charge in [-0.25, -0.2) is 0 Å². The van der Waals surface area contributed by atoms with Gasteiger partial charge in [-0.3, -0.25) is 19.2 Å². The van der Waals surface area contributed by atoms with Gasteiger partial charge >= 0.3 is 0 Å². The Balaban J connectivity index is 0.00000228. The lowest BCUT2D eigenvalue weighted by Gasteiger charge is -2.39. The molecule has 0 bridgehead atoms. The molecule has 1 fully saturated rings. The molecule has 2 aliphatic rings. The average molecular weight is 490 g/mol. The number of phenolic OH excluding ortho intramolecular Hbond substituents is 1. The minimum absolute atomic E-state index is 0. The Morgan fingerprint density at radius 1 is 1.20 bits per heavy atom. The smallest absolute Gasteiger partial charge is 0.205 e. The highest BCUT2D eigenvalue weighted by Gasteiger charge is 2.47. The lowest BCUT2D eigenvalue weighted by molar-refractivity contribution is -0.137. The minimum Gasteiger partial charge on any atom is -0.507 e. The van der Waals surface area contributed by atoms with Gasteiger partial charge in [0.25, 0.3) is 0 Å². The normalized spacial score (nSPS) is 21.1. The maximum atomic E-state index is 13.4. The Morgan fingerprint density at radius 3 is 2.57 bits per heavy atom. The van der Waals surface area contributed by atoms with Crippen LogP contribution in [0.5, 0.6) is 5.75 Å². The van der Waals surface area contributed by atoms with Crippen LogP contribution >= 0.6 is 0 Å². The third kappa shape index (κ3) is 4.80. The molecule has 10 heteroatoms. The number of carbonyl (C=O) groups is 4. The predicted molar refractivity (Wildman–Crippen MR) is 126 cm³/mol. The van der Waals surface area contributed by atoms with E-state index in [0.717, 1.165) is 0 Å². The molecular formula is C25H31NO9. The Labute approximate surface area is 203 Å². The lowest BCUT2D eigenvalue weighted by atomic mass is 9.63. The van der Waals surface area contributed by atoms with Crippen molar-refractivity contribution in [3.05, 3.63) is 52.4 Å². The number of ketones is 4. The number of aromatic hydroxyl groups is 1. The maximum Gasteiger partial charge on any atom is 0.205 e. The van der Waals surface area contributed by atoms with Crippen molar-refractivity contribution >= 4 is 28.9 Å². The topological polar surface area (TPSA) is 186 Å². The van der Waals surface area contributed by atoms with E-state index in [-0.39, 0.29) is 68.4 Å². The summed E-state index contributed by atoms with van der Waals surface area (Å²) in [4.78, 5) is 50.3. The molecule has 0 amide bonds. The number of phenols is 1. The van der Waals surface area contributed by atoms with Crippen molar-refractivity contribution in [2.45, 2.75) is 39.0 Å². The molecule has 1 aromatic carbocycles. The number of carbonyl (C=O) groups excluding carboxylic acids is 4. The van der Waals surface area contributed by atoms with Crippen LogP contribution in [-0.2, 0) is 27.2 Å². The fourth-order valence-corrected chi connectivity index (χ4v) is 5.25. The van der Waals surface area contributed by atoms with E-state index in [0.29, 0.717) is 17.5 Å². The number of hydrogen-bond acceptors (Lipinski definition) is 9. The predicted octanol–water partition coefficient (Wildman–Crippen LogP) is 2.05. The highest BCUT2D eigenvalue weighted by Crippen LogP contribution is 2.48. The van der Waals surface area contributed by atoms with Crippen molar-refractivity contribution in [1.29, 1.82) is 0 Å². The van der Waals surface area contributed by atoms with Gasteiger partial charge in [-0.1, -0.05) is 11.2 Å². The maximum absolute atomic E-state index is 13.4. The van der Waals surface area contributed by atoms with Crippen molar-refractivity contribution in [2.75, 3.05) is 6.61 Å². The molecule has 190 valence electrons. The number of aliphatic hydroxyl groups is 2. The Kier molecular flexibility index (Phi) is 7.67. The van der Waals surface area contributed by atoms with Gasteiger partial charge in [0, 0.05) is 27.5 Å². The van der Waals surface area contributed by atoms with Crippen LogP contribution in [-0.4, -0.2) is 55.7 Å². The number of Topliss-reactive ketones (excluding diaryl/α,β-unsaturated/α-hetero) is 4. The number of rotatable bonds is 8. The van der Waals surface area contributed by atoms with Gasteiger partial charge in [0.1, 0.15) is 17.3 Å². The summed E-state index contributed by atoms with van der Waals surface area (Å²) in [5.74, 6) is -4.45. The summed E-state index contributed by atoms with van der Waals surface area (Å²) in [7, 11) is 0. The quantitative estimate of drug-likeness (QED) is 0.368. The van der Waals surface area contributed by atoms with Crippen molar-refractivity contribution in [3.63, 3.8) is 0 Å². The summed E-state index contributed by atoms with van der Waals surface area (Å²) >= 11 is 0. The van der Waals surface area contributed by atoms with Gasteiger partial charge in [-0.2, -0.15) is 0 Å². The summed E-state index contributed by atoms with van der Waals surface area (Å²) in [5, 5.41) is 34.7. The van der Waals surface area contributed by atoms with Gasteiger partial charge < -0.3 is 25.3 Å². The second-order valence-electron chi connectivity index (χ2n) is 8.93. The first-order valence-corrected chi connectivity index (χ1v) is 11.1. The van der Waals surface area contributed by atoms with Crippen LogP contribution in [0.25, 0.3) is 5.76 Å². The molecule has 35 heavy (non-hydrogen) atoms. The Morgan fingerprint density at radius 2 is 1.94 bits per heavy atom. The average Bonchev–Trinajstić information content (AvgIpc) is 3.30. The van der Waals surface area contributed by atoms with Gasteiger partial charge in [0.2, 0.25) is 11.5 Å². The third-order valence-corrected chi connectivity index (χ3v) is 6.68. The minimum atomic E-state index is -1.13. The zero-order chi connectivity index (χ0) is 24.6. The van der Waals surface area contributed by atoms with E-state index in [1.54, 1.807) is 6.07 Å². The summed E-state index contributed by atoms with van der Waals surface area (Å²) in [6.45, 7) is 1.04. The monoisotopic (exact) mass is 489 g/mol. The summed E-state index contributed by atoms with van der Waals surface area (Å²) in [6.07, 6.45) is 1.72. The molecule has 1 saturated carbocycles. The fourth-order valence-electron chi connectivity index (χ4n) is 5.25. The molecule has 0 radical (unpaired) electrons. The number of hydrogen-bond donors (Lipinski definition) is 3. The molecule has 4 rings (SSSR count). The molecule has 1 aromatic heterocycles. The van der Waals surface area contributed by atoms with Gasteiger partial charge in [-0.15, -0.1) is 0 Å². The molecule has 10 nitrogen and oxygen atoms in total. The number of aliphatic hydroxyl groups excluding tert-OH is 2. The Hall–Kier alpha value is -3.63. The van der Waals surface area contributed by atoms with Gasteiger partial charge in [0.15, 0.2) is 11.6 Å². The first-order chi connectivity index (χ1) is 16.2. The second-order valence-corrected chi connectivity index (χ2v) is 8.93. The molecule has 0 aliphatic heterocycles. The first kappa shape index (κ1) is 26.0. The lowest BCUT2D eigenvalue weighted by Crippen LogP contribution is -2.43. The molecule has 5 N–H and O–H groups in total. The van der Waals surface area contributed by atoms with E-state index in [2.05, 4.69) is 5.16 Å². The highest BCUT2D eigenvalue weighted by molar-refractivity contribution is 6.17. The van der Waals surface area contributed by atoms with Crippen LogP contribution in [0.1, 0.15) is 56.3 Å². The fraction of sp³-hybridized carbons (Fsp3) is 0.400. The summed E-state index contributed by atoms with van der Waals surface area (Å²) < 4.78 is 4.93. The van der Waals surface area contributed by atoms with E-state index in [9.17, 15) is 34.5 Å². The number of allylic oxidation sites excluding steroid dienone is 1. The van der Waals surface area contributed by atoms with Crippen LogP contribution in [0.15, 0.2) is 34.5 Å². The van der Waals surface area contributed by atoms with E-state index in [1.807, 2.05) is 0 Å². The number of fused-ring (bicyclic) bond motifs is 2. The molecule has 1 heterocycles. The third-order valence-electron chi connectivity index (χ3n) is 6.68. The van der Waals surface area contributed by atoms with Crippen LogP contribution in [0.4, 0.5) is 0 Å². The number of aromatic nitrogens is 1. The highest BCUT2D eigenvalue weighted by atomic mass is 16.5. The molecule has 3 unspecified atom stereocenters. The van der Waals surface area contributed by atoms with Crippen LogP contribution in [0.3, 0.4) is 0 Å². The molecule has 2 aliphatic carbocycles. The number of nitrogens with zero attached hydrogens (tertiary/aromatic N) is 1. The van der Waals surface area contributed by atoms with Gasteiger partial charge in [0.05, 0.1) is 24.1 Å². The SMILES string of the molecule is CC(=O)CC(=O)C1C(=O)C2=C(O)c3c(O)ccc(CC(=O)c4ccno4)c3CC2CC1CCO.O.[HH].[HH]. The largest absolute Gasteiger partial charge is 0.507 e. The summed E-state index contributed by atoms with van der Waals surface area (Å²) in [5.41, 5.74) is 1.24. The van der Waals surface area contributed by atoms with Crippen molar-refractivity contribution < 1.29 is 47.4 Å². The molecule has 0 saturated heterocycles. The second kappa shape index (κ2) is 10.3. The summed E-state index contributed by atoms with van der Waals surface area (Å²) in [6, 6.07) is 4.39. The van der Waals surface area contributed by atoms with Crippen LogP contribution in [0.2, 0.25) is 0 Å². The van der Waals surface area contributed by atoms with Crippen molar-refractivity contribution in [1.82, 2.24) is 5.16 Å². The van der Waals surface area contributed by atoms with Crippen LogP contribution < -0.4 is 0 Å². The molecule has 2 aromatic rings. The van der Waals surface area contributed by atoms with Crippen molar-refractivity contribution in [3.8, 4) is 5.75 Å². The van der Waals surface area contributed by atoms with Crippen molar-refractivity contribution in [2.24, 2.45) is 17.8 Å². The first-order valence-electron chi connectivity index (χ1n) is 11.1. The standard InChI is InChI=1S/C25H25NO8.H2O.2H2/c1-12(28)8-19(31)21-14(5-7-27)9-15-10-16-13(11-18(30)20-4-6-26-34-20)2-3-17(29)23(16)25(33)22(15)24(21)32;;;/h2-4,6,14-15,21,27,29,33H,5,7-11H2,1H3;1H2;2*1H. The Bertz CT molecular complexity index is 1210. The van der Waals surface area contributed by atoms with E-state index in [4.69, 9.17) is 4.52 Å². The van der Waals surface area contributed by atoms with E-state index >= 15 is 0 Å². The van der Waals surface area contributed by atoms with Crippen LogP contribution in [0, 0.1) is 17.8 Å². The van der Waals surface area contributed by atoms with E-state index in [1.165, 1.54) is 25.3 Å². The molecule has 3 atom stereocenters. The molecule has 0 spiro atoms. The van der Waals surface area contributed by atoms with Gasteiger partial charge in [-0.05, 0) is 55.2 Å².